The molecule has 0 aromatic rings. The smallest absolute Gasteiger partial charge is 0.0716 e. The van der Waals surface area contributed by atoms with Crippen LogP contribution in [0.25, 0.3) is 0 Å². The van der Waals surface area contributed by atoms with Crippen LogP contribution in [0.15, 0.2) is 0 Å². The van der Waals surface area contributed by atoms with Gasteiger partial charge in [0.1, 0.15) is 0 Å². The number of hydrogen-bond donors (Lipinski definition) is 0. The lowest BCUT2D eigenvalue weighted by atomic mass is 9.77. The Morgan fingerprint density at radius 1 is 0.636 bits per heavy atom. The molecular formula is C9H18Br2. The van der Waals surface area contributed by atoms with Gasteiger partial charge in [-0.25, -0.2) is 0 Å². The van der Waals surface area contributed by atoms with Crippen LogP contribution in [0.2, 0.25) is 0 Å². The molecular weight excluding hydrogens is 268 g/mol. The molecule has 0 aliphatic rings. The van der Waals surface area contributed by atoms with E-state index >= 15 is 0 Å². The number of hydrogen-bond acceptors (Lipinski definition) is 0. The summed E-state index contributed by atoms with van der Waals surface area (Å²) < 4.78 is 0.000000000000000222. The molecule has 68 valence electrons. The minimum atomic E-state index is 0.000000000000000222. The summed E-state index contributed by atoms with van der Waals surface area (Å²) in [4.78, 5) is 0. The molecule has 0 saturated carbocycles. The first-order valence-corrected chi connectivity index (χ1v) is 5.46. The predicted molar refractivity (Wildman–Crippen MR) is 59.5 cm³/mol. The summed E-state index contributed by atoms with van der Waals surface area (Å²) in [6, 6.07) is 0. The fourth-order valence-electron chi connectivity index (χ4n) is 1.12. The van der Waals surface area contributed by atoms with Gasteiger partial charge in [-0.3, -0.25) is 0 Å². The maximum Gasteiger partial charge on any atom is 0.0901 e. The molecule has 0 rings (SSSR count). The molecule has 0 amide bonds. The summed E-state index contributed by atoms with van der Waals surface area (Å²) in [6.45, 7) is 13.3. The lowest BCUT2D eigenvalue weighted by Crippen LogP contribution is -2.42. The molecule has 0 atom stereocenters. The van der Waals surface area contributed by atoms with E-state index in [9.17, 15) is 0 Å². The first-order chi connectivity index (χ1) is 4.50. The van der Waals surface area contributed by atoms with Gasteiger partial charge in [-0.2, -0.15) is 0 Å². The molecule has 0 aliphatic heterocycles. The van der Waals surface area contributed by atoms with E-state index in [2.05, 4.69) is 73.4 Å². The van der Waals surface area contributed by atoms with Crippen LogP contribution < -0.4 is 0 Å². The van der Waals surface area contributed by atoms with Crippen LogP contribution in [0.4, 0.5) is 0 Å². The van der Waals surface area contributed by atoms with Gasteiger partial charge in [-0.15, -0.1) is 0 Å². The largest absolute Gasteiger partial charge is 0.0901 e. The molecule has 0 aromatic carbocycles. The van der Waals surface area contributed by atoms with Gasteiger partial charge in [-0.05, 0) is 10.8 Å². The highest BCUT2D eigenvalue weighted by Crippen LogP contribution is 2.54. The summed E-state index contributed by atoms with van der Waals surface area (Å²) >= 11 is 7.48. The summed E-state index contributed by atoms with van der Waals surface area (Å²) in [5.74, 6) is 0. The first-order valence-electron chi connectivity index (χ1n) is 3.88. The van der Waals surface area contributed by atoms with E-state index in [1.54, 1.807) is 0 Å². The maximum absolute atomic E-state index is 3.74. The van der Waals surface area contributed by atoms with Crippen LogP contribution in [0.5, 0.6) is 0 Å². The van der Waals surface area contributed by atoms with Crippen LogP contribution in [-0.2, 0) is 0 Å². The van der Waals surface area contributed by atoms with Gasteiger partial charge in [0.15, 0.2) is 0 Å². The highest BCUT2D eigenvalue weighted by molar-refractivity contribution is 9.25. The van der Waals surface area contributed by atoms with Crippen molar-refractivity contribution in [2.75, 3.05) is 0 Å². The number of alkyl halides is 2. The van der Waals surface area contributed by atoms with Gasteiger partial charge in [0.05, 0.1) is 3.23 Å². The molecule has 0 N–H and O–H groups in total. The first kappa shape index (κ1) is 12.0. The Bertz CT molecular complexity index is 119. The third kappa shape index (κ3) is 2.45. The number of rotatable bonds is 0. The second-order valence-corrected chi connectivity index (χ2v) is 8.52. The normalized spacial score (nSPS) is 15.3. The average Bonchev–Trinajstić information content (AvgIpc) is 1.58. The molecule has 0 unspecified atom stereocenters. The fourth-order valence-corrected chi connectivity index (χ4v) is 1.12. The van der Waals surface area contributed by atoms with Crippen molar-refractivity contribution in [2.24, 2.45) is 10.8 Å². The highest BCUT2D eigenvalue weighted by atomic mass is 79.9. The lowest BCUT2D eigenvalue weighted by molar-refractivity contribution is 0.233. The van der Waals surface area contributed by atoms with Crippen molar-refractivity contribution in [3.8, 4) is 0 Å². The average molecular weight is 286 g/mol. The van der Waals surface area contributed by atoms with Crippen molar-refractivity contribution in [2.45, 2.75) is 44.8 Å². The Labute approximate surface area is 87.4 Å². The monoisotopic (exact) mass is 284 g/mol. The second-order valence-electron chi connectivity index (χ2n) is 5.07. The van der Waals surface area contributed by atoms with Crippen molar-refractivity contribution >= 4 is 31.9 Å². The quantitative estimate of drug-likeness (QED) is 0.572. The minimum absolute atomic E-state index is 0.000000000000000222. The van der Waals surface area contributed by atoms with Crippen LogP contribution in [-0.4, -0.2) is 3.23 Å². The van der Waals surface area contributed by atoms with E-state index in [1.807, 2.05) is 0 Å². The van der Waals surface area contributed by atoms with Gasteiger partial charge in [0.25, 0.3) is 0 Å². The Hall–Kier alpha value is 0.960. The van der Waals surface area contributed by atoms with Crippen molar-refractivity contribution in [3.05, 3.63) is 0 Å². The Morgan fingerprint density at radius 2 is 0.818 bits per heavy atom. The molecule has 0 aliphatic carbocycles. The van der Waals surface area contributed by atoms with E-state index in [1.165, 1.54) is 0 Å². The predicted octanol–water partition coefficient (Wildman–Crippen LogP) is 4.56. The number of halogens is 2. The van der Waals surface area contributed by atoms with E-state index in [-0.39, 0.29) is 14.1 Å². The van der Waals surface area contributed by atoms with Gasteiger partial charge in [0, 0.05) is 0 Å². The van der Waals surface area contributed by atoms with Gasteiger partial charge < -0.3 is 0 Å². The Balaban J connectivity index is 4.75. The molecule has 0 fully saturated rings. The zero-order valence-corrected chi connectivity index (χ0v) is 11.4. The molecule has 0 saturated heterocycles. The minimum Gasteiger partial charge on any atom is -0.0716 e. The van der Waals surface area contributed by atoms with E-state index in [4.69, 9.17) is 0 Å². The standard InChI is InChI=1S/C9H18Br2/c1-7(2,3)9(10,11)8(4,5)6/h1-6H3. The van der Waals surface area contributed by atoms with Crippen molar-refractivity contribution < 1.29 is 0 Å². The van der Waals surface area contributed by atoms with Crippen LogP contribution in [0.1, 0.15) is 41.5 Å². The summed E-state index contributed by atoms with van der Waals surface area (Å²) in [7, 11) is 0. The topological polar surface area (TPSA) is 0 Å². The molecule has 0 bridgehead atoms. The van der Waals surface area contributed by atoms with E-state index in [0.29, 0.717) is 0 Å². The maximum atomic E-state index is 3.74. The molecule has 0 radical (unpaired) electrons. The van der Waals surface area contributed by atoms with Gasteiger partial charge in [-0.1, -0.05) is 73.4 Å². The van der Waals surface area contributed by atoms with Gasteiger partial charge >= 0.3 is 0 Å². The third-order valence-corrected chi connectivity index (χ3v) is 6.64. The second kappa shape index (κ2) is 3.02. The highest BCUT2D eigenvalue weighted by Gasteiger charge is 2.46. The Morgan fingerprint density at radius 3 is 0.818 bits per heavy atom. The van der Waals surface area contributed by atoms with E-state index in [0.717, 1.165) is 0 Å². The van der Waals surface area contributed by atoms with Gasteiger partial charge in [0.2, 0.25) is 0 Å². The zero-order chi connectivity index (χ0) is 9.50. The molecule has 0 heterocycles. The van der Waals surface area contributed by atoms with Crippen LogP contribution >= 0.6 is 31.9 Å². The van der Waals surface area contributed by atoms with Crippen molar-refractivity contribution in [3.63, 3.8) is 0 Å². The summed E-state index contributed by atoms with van der Waals surface area (Å²) in [6.07, 6.45) is 0. The molecule has 0 spiro atoms. The fraction of sp³-hybridized carbons (Fsp3) is 1.00. The lowest BCUT2D eigenvalue weighted by Gasteiger charge is -2.45. The molecule has 0 nitrogen and oxygen atoms in total. The SMILES string of the molecule is CC(C)(C)C(Br)(Br)C(C)(C)C. The molecule has 0 aromatic heterocycles. The van der Waals surface area contributed by atoms with Crippen LogP contribution in [0.3, 0.4) is 0 Å². The van der Waals surface area contributed by atoms with Crippen molar-refractivity contribution in [1.29, 1.82) is 0 Å². The zero-order valence-electron chi connectivity index (χ0n) is 8.26. The molecule has 11 heavy (non-hydrogen) atoms. The van der Waals surface area contributed by atoms with E-state index < -0.39 is 0 Å². The third-order valence-electron chi connectivity index (χ3n) is 1.88. The van der Waals surface area contributed by atoms with Crippen LogP contribution in [0, 0.1) is 10.8 Å². The molecule has 2 heteroatoms. The summed E-state index contributed by atoms with van der Waals surface area (Å²) in [5.41, 5.74) is 0.427. The Kier molecular flexibility index (Phi) is 3.29. The van der Waals surface area contributed by atoms with Crippen molar-refractivity contribution in [1.82, 2.24) is 0 Å². The summed E-state index contributed by atoms with van der Waals surface area (Å²) in [5, 5.41) is 0.